The largest absolute Gasteiger partial charge is 0.507 e. The van der Waals surface area contributed by atoms with Gasteiger partial charge in [-0.25, -0.2) is 0 Å². The van der Waals surface area contributed by atoms with E-state index in [1.54, 1.807) is 24.3 Å². The summed E-state index contributed by atoms with van der Waals surface area (Å²) in [6, 6.07) is 7.89. The molecule has 0 unspecified atom stereocenters. The summed E-state index contributed by atoms with van der Waals surface area (Å²) < 4.78 is 10.4. The number of ether oxygens (including phenoxy) is 1. The van der Waals surface area contributed by atoms with Crippen LogP contribution in [0.1, 0.15) is 17.3 Å². The van der Waals surface area contributed by atoms with Crippen LogP contribution in [0.5, 0.6) is 17.2 Å². The number of rotatable bonds is 3. The van der Waals surface area contributed by atoms with Gasteiger partial charge in [0.25, 0.3) is 0 Å². The van der Waals surface area contributed by atoms with Crippen molar-refractivity contribution < 1.29 is 24.2 Å². The van der Waals surface area contributed by atoms with Gasteiger partial charge >= 0.3 is 0 Å². The predicted octanol–water partition coefficient (Wildman–Crippen LogP) is 3.08. The van der Waals surface area contributed by atoms with Gasteiger partial charge in [0.15, 0.2) is 5.78 Å². The SMILES string of the molecule is COc1ccc(-c2coc3cc(O)c(C(C)=O)c(O)c3c2=O)cc1. The molecule has 122 valence electrons. The molecule has 0 spiro atoms. The standard InChI is InChI=1S/C18H14O6/c1-9(19)15-13(20)7-14-16(18(15)22)17(21)12(8-24-14)10-3-5-11(23-2)6-4-10/h3-8,20,22H,1-2H3. The fraction of sp³-hybridized carbons (Fsp3) is 0.111. The number of fused-ring (bicyclic) bond motifs is 1. The topological polar surface area (TPSA) is 97.0 Å². The van der Waals surface area contributed by atoms with E-state index in [0.29, 0.717) is 11.3 Å². The Hall–Kier alpha value is -3.28. The molecule has 1 aromatic heterocycles. The maximum Gasteiger partial charge on any atom is 0.204 e. The molecule has 1 heterocycles. The average molecular weight is 326 g/mol. The lowest BCUT2D eigenvalue weighted by atomic mass is 10.0. The molecule has 0 saturated heterocycles. The Kier molecular flexibility index (Phi) is 3.73. The highest BCUT2D eigenvalue weighted by Crippen LogP contribution is 2.35. The molecular formula is C18H14O6. The fourth-order valence-electron chi connectivity index (χ4n) is 2.57. The van der Waals surface area contributed by atoms with Crippen molar-refractivity contribution in [2.75, 3.05) is 7.11 Å². The Morgan fingerprint density at radius 2 is 1.83 bits per heavy atom. The van der Waals surface area contributed by atoms with Crippen molar-refractivity contribution in [2.24, 2.45) is 0 Å². The summed E-state index contributed by atoms with van der Waals surface area (Å²) in [5.74, 6) is -0.939. The Morgan fingerprint density at radius 3 is 2.42 bits per heavy atom. The van der Waals surface area contributed by atoms with Crippen molar-refractivity contribution in [3.63, 3.8) is 0 Å². The highest BCUT2D eigenvalue weighted by molar-refractivity contribution is 6.05. The minimum absolute atomic E-state index is 0.00254. The second-order valence-corrected chi connectivity index (χ2v) is 5.26. The molecule has 0 radical (unpaired) electrons. The third-order valence-electron chi connectivity index (χ3n) is 3.77. The van der Waals surface area contributed by atoms with Gasteiger partial charge < -0.3 is 19.4 Å². The summed E-state index contributed by atoms with van der Waals surface area (Å²) in [5, 5.41) is 20.0. The van der Waals surface area contributed by atoms with Gasteiger partial charge in [0.2, 0.25) is 5.43 Å². The Morgan fingerprint density at radius 1 is 1.17 bits per heavy atom. The molecular weight excluding hydrogens is 312 g/mol. The van der Waals surface area contributed by atoms with E-state index in [1.807, 2.05) is 0 Å². The summed E-state index contributed by atoms with van der Waals surface area (Å²) in [7, 11) is 1.53. The third kappa shape index (κ3) is 2.38. The first kappa shape index (κ1) is 15.6. The summed E-state index contributed by atoms with van der Waals surface area (Å²) in [6.45, 7) is 1.19. The van der Waals surface area contributed by atoms with Crippen LogP contribution in [-0.4, -0.2) is 23.1 Å². The molecule has 0 amide bonds. The van der Waals surface area contributed by atoms with Crippen LogP contribution in [-0.2, 0) is 0 Å². The van der Waals surface area contributed by atoms with Crippen molar-refractivity contribution in [3.8, 4) is 28.4 Å². The van der Waals surface area contributed by atoms with Crippen molar-refractivity contribution in [2.45, 2.75) is 6.92 Å². The molecule has 3 aromatic rings. The number of ketones is 1. The van der Waals surface area contributed by atoms with Gasteiger partial charge in [-0.2, -0.15) is 0 Å². The zero-order chi connectivity index (χ0) is 17.4. The number of aromatic hydroxyl groups is 2. The molecule has 6 nitrogen and oxygen atoms in total. The van der Waals surface area contributed by atoms with Gasteiger partial charge in [-0.05, 0) is 24.6 Å². The van der Waals surface area contributed by atoms with Gasteiger partial charge in [-0.3, -0.25) is 9.59 Å². The molecule has 0 bridgehead atoms. The number of Topliss-reactive ketones (excluding diaryl/α,β-unsaturated/α-hetero) is 1. The van der Waals surface area contributed by atoms with Gasteiger partial charge in [-0.15, -0.1) is 0 Å². The number of hydrogen-bond donors (Lipinski definition) is 2. The summed E-state index contributed by atoms with van der Waals surface area (Å²) >= 11 is 0. The van der Waals surface area contributed by atoms with Crippen molar-refractivity contribution >= 4 is 16.8 Å². The molecule has 0 atom stereocenters. The van der Waals surface area contributed by atoms with E-state index < -0.39 is 22.7 Å². The molecule has 2 N–H and O–H groups in total. The van der Waals surface area contributed by atoms with Crippen molar-refractivity contribution in [1.82, 2.24) is 0 Å². The highest BCUT2D eigenvalue weighted by Gasteiger charge is 2.21. The molecule has 2 aromatic carbocycles. The highest BCUT2D eigenvalue weighted by atomic mass is 16.5. The van der Waals surface area contributed by atoms with Crippen LogP contribution in [0.3, 0.4) is 0 Å². The Balaban J connectivity index is 2.30. The number of phenolic OH excluding ortho intramolecular Hbond substituents is 2. The molecule has 0 aliphatic carbocycles. The van der Waals surface area contributed by atoms with Crippen molar-refractivity contribution in [3.05, 3.63) is 52.4 Å². The Bertz CT molecular complexity index is 999. The van der Waals surface area contributed by atoms with Crippen LogP contribution in [0.4, 0.5) is 0 Å². The molecule has 0 aliphatic heterocycles. The molecule has 0 aliphatic rings. The number of carbonyl (C=O) groups is 1. The smallest absolute Gasteiger partial charge is 0.204 e. The number of benzene rings is 2. The quantitative estimate of drug-likeness (QED) is 0.718. The predicted molar refractivity (Wildman–Crippen MR) is 87.8 cm³/mol. The van der Waals surface area contributed by atoms with E-state index in [-0.39, 0.29) is 22.1 Å². The zero-order valence-corrected chi connectivity index (χ0v) is 13.0. The van der Waals surface area contributed by atoms with Crippen LogP contribution >= 0.6 is 0 Å². The van der Waals surface area contributed by atoms with Crippen LogP contribution in [0.25, 0.3) is 22.1 Å². The average Bonchev–Trinajstić information content (AvgIpc) is 2.54. The van der Waals surface area contributed by atoms with Crippen LogP contribution < -0.4 is 10.2 Å². The third-order valence-corrected chi connectivity index (χ3v) is 3.77. The number of carbonyl (C=O) groups excluding carboxylic acids is 1. The lowest BCUT2D eigenvalue weighted by molar-refractivity contribution is 0.101. The number of methoxy groups -OCH3 is 1. The van der Waals surface area contributed by atoms with Gasteiger partial charge in [-0.1, -0.05) is 12.1 Å². The van der Waals surface area contributed by atoms with E-state index in [2.05, 4.69) is 0 Å². The van der Waals surface area contributed by atoms with E-state index in [9.17, 15) is 19.8 Å². The minimum Gasteiger partial charge on any atom is -0.507 e. The molecule has 0 saturated carbocycles. The first-order valence-corrected chi connectivity index (χ1v) is 7.10. The molecule has 3 rings (SSSR count). The van der Waals surface area contributed by atoms with Crippen molar-refractivity contribution in [1.29, 1.82) is 0 Å². The second-order valence-electron chi connectivity index (χ2n) is 5.26. The van der Waals surface area contributed by atoms with Crippen LogP contribution in [0.15, 0.2) is 45.8 Å². The second kappa shape index (κ2) is 5.73. The summed E-state index contributed by atoms with van der Waals surface area (Å²) in [6.07, 6.45) is 1.25. The van der Waals surface area contributed by atoms with E-state index in [4.69, 9.17) is 9.15 Å². The van der Waals surface area contributed by atoms with E-state index in [0.717, 1.165) is 6.07 Å². The van der Waals surface area contributed by atoms with Gasteiger partial charge in [0.1, 0.15) is 40.0 Å². The number of phenols is 2. The lowest BCUT2D eigenvalue weighted by Crippen LogP contribution is -2.07. The molecule has 24 heavy (non-hydrogen) atoms. The fourth-order valence-corrected chi connectivity index (χ4v) is 2.57. The van der Waals surface area contributed by atoms with Gasteiger partial charge in [0, 0.05) is 6.07 Å². The van der Waals surface area contributed by atoms with Crippen LogP contribution in [0, 0.1) is 0 Å². The lowest BCUT2D eigenvalue weighted by Gasteiger charge is -2.09. The first-order valence-electron chi connectivity index (χ1n) is 7.10. The monoisotopic (exact) mass is 326 g/mol. The summed E-state index contributed by atoms with van der Waals surface area (Å²) in [5.41, 5.74) is -0.00990. The molecule has 0 fully saturated rings. The maximum absolute atomic E-state index is 12.7. The Labute approximate surface area is 136 Å². The van der Waals surface area contributed by atoms with E-state index in [1.165, 1.54) is 20.3 Å². The normalized spacial score (nSPS) is 10.8. The maximum atomic E-state index is 12.7. The minimum atomic E-state index is -0.582. The molecule has 6 heteroatoms. The van der Waals surface area contributed by atoms with Gasteiger partial charge in [0.05, 0.1) is 12.7 Å². The summed E-state index contributed by atoms with van der Waals surface area (Å²) in [4.78, 5) is 24.3. The van der Waals surface area contributed by atoms with Crippen LogP contribution in [0.2, 0.25) is 0 Å². The van der Waals surface area contributed by atoms with E-state index >= 15 is 0 Å². The zero-order valence-electron chi connectivity index (χ0n) is 13.0. The number of hydrogen-bond acceptors (Lipinski definition) is 6. The first-order chi connectivity index (χ1) is 11.4.